The molecule has 0 saturated carbocycles. The summed E-state index contributed by atoms with van der Waals surface area (Å²) >= 11 is 2.67. The lowest BCUT2D eigenvalue weighted by atomic mass is 9.95. The van der Waals surface area contributed by atoms with Crippen molar-refractivity contribution in [2.24, 2.45) is 5.73 Å². The number of thioether (sulfide) groups is 1. The van der Waals surface area contributed by atoms with Gasteiger partial charge in [0.25, 0.3) is 11.5 Å². The molecule has 32 heavy (non-hydrogen) atoms. The van der Waals surface area contributed by atoms with Crippen molar-refractivity contribution in [1.29, 1.82) is 0 Å². The van der Waals surface area contributed by atoms with Crippen LogP contribution in [0, 0.1) is 0 Å². The SMILES string of the molecule is CCC(C)n1c(SCC(=O)Nc2sc3c(c2C(N)=O)CCCC3)nc2ccccc2c1=O. The number of rotatable bonds is 7. The zero-order valence-corrected chi connectivity index (χ0v) is 19.8. The maximum absolute atomic E-state index is 13.1. The van der Waals surface area contributed by atoms with Crippen molar-refractivity contribution < 1.29 is 9.59 Å². The highest BCUT2D eigenvalue weighted by Gasteiger charge is 2.25. The van der Waals surface area contributed by atoms with Gasteiger partial charge in [0.05, 0.1) is 22.2 Å². The van der Waals surface area contributed by atoms with Crippen molar-refractivity contribution in [1.82, 2.24) is 9.55 Å². The minimum Gasteiger partial charge on any atom is -0.365 e. The molecule has 9 heteroatoms. The summed E-state index contributed by atoms with van der Waals surface area (Å²) in [6.07, 6.45) is 4.59. The average Bonchev–Trinajstić information content (AvgIpc) is 3.15. The van der Waals surface area contributed by atoms with Gasteiger partial charge in [-0.25, -0.2) is 4.98 Å². The number of aromatic nitrogens is 2. The molecule has 3 N–H and O–H groups in total. The highest BCUT2D eigenvalue weighted by Crippen LogP contribution is 2.38. The van der Waals surface area contributed by atoms with E-state index in [1.165, 1.54) is 23.1 Å². The van der Waals surface area contributed by atoms with Gasteiger partial charge in [-0.3, -0.25) is 19.0 Å². The van der Waals surface area contributed by atoms with E-state index < -0.39 is 5.91 Å². The Morgan fingerprint density at radius 2 is 2.03 bits per heavy atom. The van der Waals surface area contributed by atoms with Crippen LogP contribution in [0.1, 0.15) is 60.0 Å². The molecule has 2 aromatic heterocycles. The van der Waals surface area contributed by atoms with Gasteiger partial charge in [-0.1, -0.05) is 30.8 Å². The van der Waals surface area contributed by atoms with Crippen LogP contribution in [0.3, 0.4) is 0 Å². The average molecular weight is 471 g/mol. The lowest BCUT2D eigenvalue weighted by Crippen LogP contribution is -2.26. The number of benzene rings is 1. The number of nitrogens with two attached hydrogens (primary N) is 1. The second-order valence-corrected chi connectivity index (χ2v) is 10.0. The molecule has 168 valence electrons. The number of para-hydroxylation sites is 1. The van der Waals surface area contributed by atoms with E-state index in [9.17, 15) is 14.4 Å². The van der Waals surface area contributed by atoms with E-state index in [1.54, 1.807) is 16.7 Å². The van der Waals surface area contributed by atoms with E-state index in [0.717, 1.165) is 42.5 Å². The molecule has 2 heterocycles. The Balaban J connectivity index is 1.58. The van der Waals surface area contributed by atoms with Gasteiger partial charge in [0.1, 0.15) is 5.00 Å². The van der Waals surface area contributed by atoms with Crippen LogP contribution in [0.2, 0.25) is 0 Å². The molecule has 1 aromatic carbocycles. The van der Waals surface area contributed by atoms with Crippen LogP contribution in [0.4, 0.5) is 5.00 Å². The van der Waals surface area contributed by atoms with Crippen molar-refractivity contribution in [3.05, 3.63) is 50.6 Å². The van der Waals surface area contributed by atoms with Crippen LogP contribution >= 0.6 is 23.1 Å². The predicted octanol–water partition coefficient (Wildman–Crippen LogP) is 4.14. The first kappa shape index (κ1) is 22.5. The number of primary amides is 1. The lowest BCUT2D eigenvalue weighted by molar-refractivity contribution is -0.113. The van der Waals surface area contributed by atoms with Gasteiger partial charge in [0, 0.05) is 10.9 Å². The van der Waals surface area contributed by atoms with Crippen molar-refractivity contribution in [3.63, 3.8) is 0 Å². The van der Waals surface area contributed by atoms with E-state index >= 15 is 0 Å². The molecule has 4 rings (SSSR count). The number of thiophene rings is 1. The first-order valence-corrected chi connectivity index (χ1v) is 12.6. The Labute approximate surface area is 194 Å². The van der Waals surface area contributed by atoms with Gasteiger partial charge in [-0.2, -0.15) is 0 Å². The molecular formula is C23H26N4O3S2. The zero-order chi connectivity index (χ0) is 22.8. The van der Waals surface area contributed by atoms with Crippen LogP contribution in [0.15, 0.2) is 34.2 Å². The summed E-state index contributed by atoms with van der Waals surface area (Å²) in [4.78, 5) is 43.7. The number of carbonyl (C=O) groups excluding carboxylic acids is 2. The summed E-state index contributed by atoms with van der Waals surface area (Å²) in [6, 6.07) is 7.19. The number of hydrogen-bond donors (Lipinski definition) is 2. The van der Waals surface area contributed by atoms with Crippen LogP contribution in [-0.4, -0.2) is 27.1 Å². The number of nitrogens with zero attached hydrogens (tertiary/aromatic N) is 2. The molecule has 0 fully saturated rings. The number of anilines is 1. The first-order valence-electron chi connectivity index (χ1n) is 10.8. The van der Waals surface area contributed by atoms with Crippen LogP contribution < -0.4 is 16.6 Å². The predicted molar refractivity (Wildman–Crippen MR) is 130 cm³/mol. The van der Waals surface area contributed by atoms with Crippen molar-refractivity contribution >= 4 is 50.8 Å². The number of fused-ring (bicyclic) bond motifs is 2. The summed E-state index contributed by atoms with van der Waals surface area (Å²) in [5.74, 6) is -0.689. The minimum atomic E-state index is -0.505. The van der Waals surface area contributed by atoms with Crippen molar-refractivity contribution in [2.45, 2.75) is 57.1 Å². The molecule has 0 saturated heterocycles. The monoisotopic (exact) mass is 470 g/mol. The normalized spacial score (nSPS) is 14.2. The second-order valence-electron chi connectivity index (χ2n) is 7.96. The summed E-state index contributed by atoms with van der Waals surface area (Å²) in [5, 5.41) is 4.48. The van der Waals surface area contributed by atoms with Gasteiger partial charge in [0.15, 0.2) is 5.16 Å². The summed E-state index contributed by atoms with van der Waals surface area (Å²) < 4.78 is 1.67. The van der Waals surface area contributed by atoms with Crippen molar-refractivity contribution in [3.8, 4) is 0 Å². The van der Waals surface area contributed by atoms with E-state index in [1.807, 2.05) is 26.0 Å². The summed E-state index contributed by atoms with van der Waals surface area (Å²) in [5.41, 5.74) is 7.57. The van der Waals surface area contributed by atoms with E-state index in [0.29, 0.717) is 26.6 Å². The molecule has 0 aliphatic heterocycles. The molecule has 1 aliphatic rings. The summed E-state index contributed by atoms with van der Waals surface area (Å²) in [7, 11) is 0. The Morgan fingerprint density at radius 3 is 2.78 bits per heavy atom. The quantitative estimate of drug-likeness (QED) is 0.399. The van der Waals surface area contributed by atoms with E-state index in [2.05, 4.69) is 10.3 Å². The zero-order valence-electron chi connectivity index (χ0n) is 18.1. The number of nitrogens with one attached hydrogen (secondary N) is 1. The topological polar surface area (TPSA) is 107 Å². The number of aryl methyl sites for hydroxylation is 1. The fourth-order valence-electron chi connectivity index (χ4n) is 4.01. The van der Waals surface area contributed by atoms with Crippen molar-refractivity contribution in [2.75, 3.05) is 11.1 Å². The standard InChI is InChI=1S/C23H26N4O3S2/c1-3-13(2)27-22(30)14-8-4-6-10-16(14)25-23(27)31-12-18(28)26-21-19(20(24)29)15-9-5-7-11-17(15)32-21/h4,6,8,10,13H,3,5,7,9,11-12H2,1-2H3,(H2,24,29)(H,26,28). The lowest BCUT2D eigenvalue weighted by Gasteiger charge is -2.18. The molecule has 3 aromatic rings. The number of hydrogen-bond acceptors (Lipinski definition) is 6. The molecule has 0 radical (unpaired) electrons. The first-order chi connectivity index (χ1) is 15.4. The smallest absolute Gasteiger partial charge is 0.262 e. The molecule has 7 nitrogen and oxygen atoms in total. The van der Waals surface area contributed by atoms with Gasteiger partial charge >= 0.3 is 0 Å². The Bertz CT molecular complexity index is 1250. The molecule has 1 atom stereocenters. The van der Waals surface area contributed by atoms with Crippen LogP contribution in [0.5, 0.6) is 0 Å². The Kier molecular flexibility index (Phi) is 6.66. The summed E-state index contributed by atoms with van der Waals surface area (Å²) in [6.45, 7) is 3.98. The van der Waals surface area contributed by atoms with Gasteiger partial charge < -0.3 is 11.1 Å². The third kappa shape index (κ3) is 4.31. The third-order valence-electron chi connectivity index (χ3n) is 5.81. The molecular weight excluding hydrogens is 444 g/mol. The van der Waals surface area contributed by atoms with Crippen LogP contribution in [-0.2, 0) is 17.6 Å². The highest BCUT2D eigenvalue weighted by atomic mass is 32.2. The fourth-order valence-corrected chi connectivity index (χ4v) is 6.21. The maximum Gasteiger partial charge on any atom is 0.262 e. The van der Waals surface area contributed by atoms with E-state index in [-0.39, 0.29) is 23.3 Å². The Morgan fingerprint density at radius 1 is 1.28 bits per heavy atom. The van der Waals surface area contributed by atoms with Gasteiger partial charge in [-0.15, -0.1) is 11.3 Å². The highest BCUT2D eigenvalue weighted by molar-refractivity contribution is 7.99. The number of amides is 2. The van der Waals surface area contributed by atoms with E-state index in [4.69, 9.17) is 5.73 Å². The molecule has 1 unspecified atom stereocenters. The fraction of sp³-hybridized carbons (Fsp3) is 0.391. The molecule has 0 bridgehead atoms. The Hall–Kier alpha value is -2.65. The van der Waals surface area contributed by atoms with Gasteiger partial charge in [0.2, 0.25) is 5.91 Å². The molecule has 0 spiro atoms. The minimum absolute atomic E-state index is 0.0457. The molecule has 1 aliphatic carbocycles. The third-order valence-corrected chi connectivity index (χ3v) is 7.97. The maximum atomic E-state index is 13.1. The second kappa shape index (κ2) is 9.46. The van der Waals surface area contributed by atoms with Gasteiger partial charge in [-0.05, 0) is 56.7 Å². The molecule has 2 amide bonds. The number of carbonyl (C=O) groups is 2. The van der Waals surface area contributed by atoms with Crippen LogP contribution in [0.25, 0.3) is 10.9 Å². The largest absolute Gasteiger partial charge is 0.365 e.